The summed E-state index contributed by atoms with van der Waals surface area (Å²) in [4.78, 5) is 41.4. The number of amides is 1. The molecule has 0 saturated heterocycles. The third kappa shape index (κ3) is 4.52. The summed E-state index contributed by atoms with van der Waals surface area (Å²) in [5, 5.41) is 2.71. The highest BCUT2D eigenvalue weighted by Gasteiger charge is 2.29. The number of anilines is 1. The number of ether oxygens (including phenoxy) is 3. The molecule has 0 bridgehead atoms. The van der Waals surface area contributed by atoms with E-state index in [0.29, 0.717) is 47.2 Å². The molecule has 1 atom stereocenters. The second-order valence-corrected chi connectivity index (χ2v) is 7.93. The van der Waals surface area contributed by atoms with Crippen LogP contribution in [0.4, 0.5) is 5.69 Å². The van der Waals surface area contributed by atoms with Crippen LogP contribution in [0.5, 0.6) is 17.2 Å². The molecule has 4 rings (SSSR count). The van der Waals surface area contributed by atoms with Crippen molar-refractivity contribution in [3.8, 4) is 17.2 Å². The minimum Gasteiger partial charge on any atom is -0.493 e. The summed E-state index contributed by atoms with van der Waals surface area (Å²) >= 11 is 0. The predicted molar refractivity (Wildman–Crippen MR) is 128 cm³/mol. The molecule has 8 nitrogen and oxygen atoms in total. The number of methoxy groups -OCH3 is 2. The van der Waals surface area contributed by atoms with Crippen molar-refractivity contribution in [3.05, 3.63) is 81.3 Å². The Kier molecular flexibility index (Phi) is 6.67. The quantitative estimate of drug-likeness (QED) is 0.551. The number of Topliss-reactive ketones (excluding diaryl/α,β-unsaturated/α-hetero) is 1. The van der Waals surface area contributed by atoms with Crippen molar-refractivity contribution in [2.24, 2.45) is 0 Å². The first-order valence-electron chi connectivity index (χ1n) is 11.0. The summed E-state index contributed by atoms with van der Waals surface area (Å²) in [6.07, 6.45) is 0.712. The molecule has 0 spiro atoms. The van der Waals surface area contributed by atoms with Crippen LogP contribution in [-0.4, -0.2) is 37.5 Å². The van der Waals surface area contributed by atoms with Gasteiger partial charge in [-0.05, 0) is 55.2 Å². The molecule has 176 valence electrons. The van der Waals surface area contributed by atoms with Gasteiger partial charge in [0.15, 0.2) is 17.3 Å². The Hall–Kier alpha value is -4.07. The number of aromatic nitrogens is 1. The lowest BCUT2D eigenvalue weighted by atomic mass is 9.81. The number of rotatable bonds is 7. The average Bonchev–Trinajstić information content (AvgIpc) is 2.84. The molecule has 0 aliphatic heterocycles. The van der Waals surface area contributed by atoms with E-state index in [-0.39, 0.29) is 23.7 Å². The lowest BCUT2D eigenvalue weighted by Crippen LogP contribution is -2.29. The van der Waals surface area contributed by atoms with Crippen molar-refractivity contribution in [1.29, 1.82) is 0 Å². The van der Waals surface area contributed by atoms with Gasteiger partial charge in [-0.3, -0.25) is 14.4 Å². The highest BCUT2D eigenvalue weighted by Crippen LogP contribution is 2.36. The fourth-order valence-electron chi connectivity index (χ4n) is 4.18. The smallest absolute Gasteiger partial charge is 0.261 e. The molecule has 0 fully saturated rings. The molecule has 3 aromatic rings. The van der Waals surface area contributed by atoms with Crippen LogP contribution < -0.4 is 25.1 Å². The number of hydrogen-bond donors (Lipinski definition) is 2. The number of nitrogens with one attached hydrogen (secondary N) is 2. The Bertz CT molecular complexity index is 1300. The van der Waals surface area contributed by atoms with Crippen LogP contribution in [0.1, 0.15) is 51.2 Å². The number of benzene rings is 2. The van der Waals surface area contributed by atoms with E-state index in [0.717, 1.165) is 5.56 Å². The van der Waals surface area contributed by atoms with Gasteiger partial charge in [0, 0.05) is 17.7 Å². The highest BCUT2D eigenvalue weighted by atomic mass is 16.5. The maximum atomic E-state index is 13.0. The van der Waals surface area contributed by atoms with Crippen molar-refractivity contribution in [1.82, 2.24) is 4.98 Å². The van der Waals surface area contributed by atoms with Gasteiger partial charge >= 0.3 is 0 Å². The molecular formula is C26H26N2O6. The highest BCUT2D eigenvalue weighted by molar-refractivity contribution is 6.07. The first kappa shape index (κ1) is 23.1. The molecule has 8 heteroatoms. The Labute approximate surface area is 196 Å². The molecule has 1 unspecified atom stereocenters. The zero-order valence-electron chi connectivity index (χ0n) is 19.3. The lowest BCUT2D eigenvalue weighted by molar-refractivity contribution is 0.0963. The molecule has 2 aromatic carbocycles. The van der Waals surface area contributed by atoms with E-state index < -0.39 is 11.5 Å². The number of pyridine rings is 1. The maximum absolute atomic E-state index is 13.0. The van der Waals surface area contributed by atoms with Gasteiger partial charge in [0.1, 0.15) is 11.3 Å². The molecule has 1 aromatic heterocycles. The normalized spacial score (nSPS) is 14.8. The lowest BCUT2D eigenvalue weighted by Gasteiger charge is -2.24. The van der Waals surface area contributed by atoms with Crippen LogP contribution in [0.3, 0.4) is 0 Å². The van der Waals surface area contributed by atoms with E-state index >= 15 is 0 Å². The van der Waals surface area contributed by atoms with Crippen molar-refractivity contribution < 1.29 is 23.8 Å². The summed E-state index contributed by atoms with van der Waals surface area (Å²) in [6.45, 7) is 2.27. The predicted octanol–water partition coefficient (Wildman–Crippen LogP) is 3.96. The SMILES string of the molecule is CCOc1ccccc1NC(=O)c1cc2c([nH]c1=O)CC(c1ccc(OC)c(OC)c1)CC2=O. The van der Waals surface area contributed by atoms with Gasteiger partial charge in [-0.2, -0.15) is 0 Å². The Morgan fingerprint density at radius 3 is 2.50 bits per heavy atom. The fourth-order valence-corrected chi connectivity index (χ4v) is 4.18. The Balaban J connectivity index is 1.61. The number of carbonyl (C=O) groups excluding carboxylic acids is 2. The third-order valence-corrected chi connectivity index (χ3v) is 5.86. The minimum absolute atomic E-state index is 0.122. The molecule has 34 heavy (non-hydrogen) atoms. The number of para-hydroxylation sites is 2. The Morgan fingerprint density at radius 1 is 1.00 bits per heavy atom. The number of H-pyrrole nitrogens is 1. The molecule has 1 aliphatic carbocycles. The molecule has 2 N–H and O–H groups in total. The summed E-state index contributed by atoms with van der Waals surface area (Å²) < 4.78 is 16.2. The summed E-state index contributed by atoms with van der Waals surface area (Å²) in [5.41, 5.74) is 1.57. The van der Waals surface area contributed by atoms with Crippen molar-refractivity contribution >= 4 is 17.4 Å². The van der Waals surface area contributed by atoms with Crippen molar-refractivity contribution in [3.63, 3.8) is 0 Å². The molecule has 0 saturated carbocycles. The number of fused-ring (bicyclic) bond motifs is 1. The van der Waals surface area contributed by atoms with Gasteiger partial charge in [-0.25, -0.2) is 0 Å². The van der Waals surface area contributed by atoms with E-state index in [4.69, 9.17) is 14.2 Å². The van der Waals surface area contributed by atoms with Crippen LogP contribution in [0.15, 0.2) is 53.3 Å². The van der Waals surface area contributed by atoms with Crippen molar-refractivity contribution in [2.45, 2.75) is 25.7 Å². The first-order chi connectivity index (χ1) is 16.4. The van der Waals surface area contributed by atoms with Crippen LogP contribution >= 0.6 is 0 Å². The fraction of sp³-hybridized carbons (Fsp3) is 0.269. The summed E-state index contributed by atoms with van der Waals surface area (Å²) in [5.74, 6) is 0.802. The number of hydrogen-bond acceptors (Lipinski definition) is 6. The summed E-state index contributed by atoms with van der Waals surface area (Å²) in [6, 6.07) is 13.9. The molecule has 1 amide bonds. The Morgan fingerprint density at radius 2 is 1.76 bits per heavy atom. The zero-order valence-corrected chi connectivity index (χ0v) is 19.3. The van der Waals surface area contributed by atoms with Crippen molar-refractivity contribution in [2.75, 3.05) is 26.1 Å². The number of ketones is 1. The number of carbonyl (C=O) groups is 2. The third-order valence-electron chi connectivity index (χ3n) is 5.86. The topological polar surface area (TPSA) is 107 Å². The van der Waals surface area contributed by atoms with E-state index in [1.807, 2.05) is 19.1 Å². The van der Waals surface area contributed by atoms with Gasteiger partial charge in [0.2, 0.25) is 0 Å². The van der Waals surface area contributed by atoms with E-state index in [1.165, 1.54) is 6.07 Å². The standard InChI is InChI=1S/C26H26N2O6/c1-4-34-22-8-6-5-7-19(22)27-25(30)18-14-17-20(28-26(18)31)11-16(12-21(17)29)15-9-10-23(32-2)24(13-15)33-3/h5-10,13-14,16H,4,11-12H2,1-3H3,(H,27,30)(H,28,31). The second kappa shape index (κ2) is 9.82. The van der Waals surface area contributed by atoms with Gasteiger partial charge in [-0.15, -0.1) is 0 Å². The molecule has 0 radical (unpaired) electrons. The molecule has 1 aliphatic rings. The zero-order chi connectivity index (χ0) is 24.2. The largest absolute Gasteiger partial charge is 0.493 e. The van der Waals surface area contributed by atoms with Crippen LogP contribution in [-0.2, 0) is 6.42 Å². The number of aromatic amines is 1. The maximum Gasteiger partial charge on any atom is 0.261 e. The summed E-state index contributed by atoms with van der Waals surface area (Å²) in [7, 11) is 3.12. The van der Waals surface area contributed by atoms with E-state index in [9.17, 15) is 14.4 Å². The average molecular weight is 463 g/mol. The van der Waals surface area contributed by atoms with Gasteiger partial charge < -0.3 is 24.5 Å². The van der Waals surface area contributed by atoms with Gasteiger partial charge in [0.05, 0.1) is 26.5 Å². The van der Waals surface area contributed by atoms with Crippen LogP contribution in [0, 0.1) is 0 Å². The second-order valence-electron chi connectivity index (χ2n) is 7.93. The van der Waals surface area contributed by atoms with E-state index in [2.05, 4.69) is 10.3 Å². The van der Waals surface area contributed by atoms with E-state index in [1.54, 1.807) is 44.6 Å². The molecular weight excluding hydrogens is 436 g/mol. The van der Waals surface area contributed by atoms with Gasteiger partial charge in [-0.1, -0.05) is 18.2 Å². The van der Waals surface area contributed by atoms with Crippen LogP contribution in [0.2, 0.25) is 0 Å². The molecule has 1 heterocycles. The van der Waals surface area contributed by atoms with Gasteiger partial charge in [0.25, 0.3) is 11.5 Å². The van der Waals surface area contributed by atoms with Crippen LogP contribution in [0.25, 0.3) is 0 Å². The minimum atomic E-state index is -0.606. The first-order valence-corrected chi connectivity index (χ1v) is 11.0. The monoisotopic (exact) mass is 462 g/mol.